The van der Waals surface area contributed by atoms with Crippen LogP contribution in [0, 0.1) is 0 Å². The second kappa shape index (κ2) is 5.38. The lowest BCUT2D eigenvalue weighted by atomic mass is 10.2. The van der Waals surface area contributed by atoms with E-state index in [0.717, 1.165) is 25.7 Å². The van der Waals surface area contributed by atoms with E-state index in [4.69, 9.17) is 5.73 Å². The van der Waals surface area contributed by atoms with Gasteiger partial charge < -0.3 is 16.4 Å². The SMILES string of the molecule is NCC(NC(=O)NC1CCCC1)C(F)(F)F. The maximum Gasteiger partial charge on any atom is 0.409 e. The van der Waals surface area contributed by atoms with Gasteiger partial charge in [-0.15, -0.1) is 0 Å². The van der Waals surface area contributed by atoms with Gasteiger partial charge in [-0.25, -0.2) is 4.79 Å². The molecule has 1 atom stereocenters. The van der Waals surface area contributed by atoms with E-state index < -0.39 is 24.8 Å². The van der Waals surface area contributed by atoms with Crippen molar-refractivity contribution in [3.05, 3.63) is 0 Å². The van der Waals surface area contributed by atoms with Crippen molar-refractivity contribution in [1.82, 2.24) is 10.6 Å². The minimum atomic E-state index is -4.50. The Kier molecular flexibility index (Phi) is 4.40. The van der Waals surface area contributed by atoms with Gasteiger partial charge >= 0.3 is 12.2 Å². The number of hydrogen-bond acceptors (Lipinski definition) is 2. The van der Waals surface area contributed by atoms with Crippen LogP contribution in [0.25, 0.3) is 0 Å². The highest BCUT2D eigenvalue weighted by Gasteiger charge is 2.39. The quantitative estimate of drug-likeness (QED) is 0.690. The summed E-state index contributed by atoms with van der Waals surface area (Å²) in [7, 11) is 0. The second-order valence-electron chi connectivity index (χ2n) is 3.93. The van der Waals surface area contributed by atoms with Crippen molar-refractivity contribution in [2.24, 2.45) is 5.73 Å². The molecule has 0 bridgehead atoms. The van der Waals surface area contributed by atoms with Crippen LogP contribution in [0.15, 0.2) is 0 Å². The zero-order valence-corrected chi connectivity index (χ0v) is 8.81. The number of nitrogens with two attached hydrogens (primary N) is 1. The molecule has 0 aromatic heterocycles. The fourth-order valence-electron chi connectivity index (χ4n) is 1.73. The molecule has 1 rings (SSSR count). The van der Waals surface area contributed by atoms with Gasteiger partial charge in [-0.05, 0) is 12.8 Å². The summed E-state index contributed by atoms with van der Waals surface area (Å²) in [6.07, 6.45) is -0.837. The Morgan fingerprint density at radius 3 is 2.38 bits per heavy atom. The lowest BCUT2D eigenvalue weighted by Gasteiger charge is -2.21. The molecular formula is C9H16F3N3O. The van der Waals surface area contributed by atoms with Gasteiger partial charge in [0.15, 0.2) is 0 Å². The summed E-state index contributed by atoms with van der Waals surface area (Å²) in [6.45, 7) is -0.651. The molecule has 94 valence electrons. The number of halogens is 3. The van der Waals surface area contributed by atoms with Crippen LogP contribution in [0.2, 0.25) is 0 Å². The molecule has 1 fully saturated rings. The van der Waals surface area contributed by atoms with Gasteiger partial charge in [-0.1, -0.05) is 12.8 Å². The predicted molar refractivity (Wildman–Crippen MR) is 52.8 cm³/mol. The summed E-state index contributed by atoms with van der Waals surface area (Å²) < 4.78 is 36.8. The standard InChI is InChI=1S/C9H16F3N3O/c10-9(11,12)7(5-13)15-8(16)14-6-3-1-2-4-6/h6-7H,1-5,13H2,(H2,14,15,16). The summed E-state index contributed by atoms with van der Waals surface area (Å²) in [5.41, 5.74) is 4.95. The largest absolute Gasteiger partial charge is 0.409 e. The smallest absolute Gasteiger partial charge is 0.335 e. The maximum absolute atomic E-state index is 12.3. The third-order valence-corrected chi connectivity index (χ3v) is 2.63. The van der Waals surface area contributed by atoms with Crippen LogP contribution in [-0.2, 0) is 0 Å². The van der Waals surface area contributed by atoms with Crippen molar-refractivity contribution < 1.29 is 18.0 Å². The van der Waals surface area contributed by atoms with Crippen molar-refractivity contribution in [2.45, 2.75) is 43.9 Å². The lowest BCUT2D eigenvalue weighted by molar-refractivity contribution is -0.150. The fourth-order valence-corrected chi connectivity index (χ4v) is 1.73. The summed E-state index contributed by atoms with van der Waals surface area (Å²) in [6, 6.07) is -2.78. The minimum absolute atomic E-state index is 0.00772. The molecule has 1 aliphatic rings. The Morgan fingerprint density at radius 2 is 1.94 bits per heavy atom. The van der Waals surface area contributed by atoms with Crippen molar-refractivity contribution >= 4 is 6.03 Å². The fraction of sp³-hybridized carbons (Fsp3) is 0.889. The van der Waals surface area contributed by atoms with Gasteiger partial charge in [-0.3, -0.25) is 0 Å². The van der Waals surface area contributed by atoms with E-state index in [1.54, 1.807) is 0 Å². The molecule has 0 radical (unpaired) electrons. The maximum atomic E-state index is 12.3. The van der Waals surface area contributed by atoms with Crippen LogP contribution in [0.1, 0.15) is 25.7 Å². The minimum Gasteiger partial charge on any atom is -0.335 e. The molecule has 1 unspecified atom stereocenters. The highest BCUT2D eigenvalue weighted by molar-refractivity contribution is 5.74. The van der Waals surface area contributed by atoms with Gasteiger partial charge in [0.2, 0.25) is 0 Å². The monoisotopic (exact) mass is 239 g/mol. The molecule has 0 heterocycles. The number of carbonyl (C=O) groups excluding carboxylic acids is 1. The van der Waals surface area contributed by atoms with E-state index >= 15 is 0 Å². The van der Waals surface area contributed by atoms with Crippen molar-refractivity contribution in [3.8, 4) is 0 Å². The summed E-state index contributed by atoms with van der Waals surface area (Å²) in [5.74, 6) is 0. The highest BCUT2D eigenvalue weighted by Crippen LogP contribution is 2.20. The number of hydrogen-bond donors (Lipinski definition) is 3. The number of alkyl halides is 3. The molecule has 1 saturated carbocycles. The number of nitrogens with one attached hydrogen (secondary N) is 2. The summed E-state index contributed by atoms with van der Waals surface area (Å²) in [5, 5.41) is 4.34. The van der Waals surface area contributed by atoms with Gasteiger partial charge in [0.05, 0.1) is 0 Å². The molecule has 7 heteroatoms. The number of amides is 2. The normalized spacial score (nSPS) is 19.5. The van der Waals surface area contributed by atoms with Crippen LogP contribution in [0.3, 0.4) is 0 Å². The zero-order chi connectivity index (χ0) is 12.2. The van der Waals surface area contributed by atoms with E-state index in [9.17, 15) is 18.0 Å². The zero-order valence-electron chi connectivity index (χ0n) is 8.81. The Morgan fingerprint density at radius 1 is 1.38 bits per heavy atom. The molecular weight excluding hydrogens is 223 g/mol. The van der Waals surface area contributed by atoms with E-state index in [1.165, 1.54) is 0 Å². The first-order valence-electron chi connectivity index (χ1n) is 5.27. The van der Waals surface area contributed by atoms with Crippen LogP contribution in [0.4, 0.5) is 18.0 Å². The van der Waals surface area contributed by atoms with Gasteiger partial charge in [0, 0.05) is 12.6 Å². The highest BCUT2D eigenvalue weighted by atomic mass is 19.4. The van der Waals surface area contributed by atoms with E-state index in [1.807, 2.05) is 5.32 Å². The molecule has 0 spiro atoms. The summed E-state index contributed by atoms with van der Waals surface area (Å²) >= 11 is 0. The third-order valence-electron chi connectivity index (χ3n) is 2.63. The first-order chi connectivity index (χ1) is 7.43. The molecule has 2 amide bonds. The van der Waals surface area contributed by atoms with Crippen LogP contribution in [0.5, 0.6) is 0 Å². The van der Waals surface area contributed by atoms with E-state index in [0.29, 0.717) is 0 Å². The van der Waals surface area contributed by atoms with Crippen molar-refractivity contribution in [2.75, 3.05) is 6.54 Å². The van der Waals surface area contributed by atoms with Gasteiger partial charge in [0.1, 0.15) is 6.04 Å². The molecule has 4 nitrogen and oxygen atoms in total. The Hall–Kier alpha value is -0.980. The number of carbonyl (C=O) groups is 1. The Labute approximate surface area is 91.8 Å². The second-order valence-corrected chi connectivity index (χ2v) is 3.93. The predicted octanol–water partition coefficient (Wildman–Crippen LogP) is 1.12. The molecule has 0 aliphatic heterocycles. The van der Waals surface area contributed by atoms with E-state index in [2.05, 4.69) is 5.32 Å². The van der Waals surface area contributed by atoms with Crippen LogP contribution < -0.4 is 16.4 Å². The number of urea groups is 1. The molecule has 1 aliphatic carbocycles. The molecule has 16 heavy (non-hydrogen) atoms. The number of rotatable bonds is 3. The van der Waals surface area contributed by atoms with Gasteiger partial charge in [-0.2, -0.15) is 13.2 Å². The molecule has 0 aromatic rings. The van der Waals surface area contributed by atoms with E-state index in [-0.39, 0.29) is 6.04 Å². The van der Waals surface area contributed by atoms with Crippen molar-refractivity contribution in [1.29, 1.82) is 0 Å². The lowest BCUT2D eigenvalue weighted by Crippen LogP contribution is -2.54. The average molecular weight is 239 g/mol. The molecule has 4 N–H and O–H groups in total. The molecule has 0 saturated heterocycles. The summed E-state index contributed by atoms with van der Waals surface area (Å²) in [4.78, 5) is 11.2. The van der Waals surface area contributed by atoms with Crippen LogP contribution >= 0.6 is 0 Å². The van der Waals surface area contributed by atoms with Crippen molar-refractivity contribution in [3.63, 3.8) is 0 Å². The third kappa shape index (κ3) is 3.88. The Bertz CT molecular complexity index is 239. The van der Waals surface area contributed by atoms with Crippen LogP contribution in [-0.4, -0.2) is 30.8 Å². The molecule has 0 aromatic carbocycles. The Balaban J connectivity index is 2.36. The van der Waals surface area contributed by atoms with Gasteiger partial charge in [0.25, 0.3) is 0 Å². The first-order valence-corrected chi connectivity index (χ1v) is 5.27. The average Bonchev–Trinajstić information content (AvgIpc) is 2.64. The topological polar surface area (TPSA) is 67.1 Å². The first kappa shape index (κ1) is 13.1.